The molecule has 4 nitrogen and oxygen atoms in total. The summed E-state index contributed by atoms with van der Waals surface area (Å²) in [4.78, 5) is 22.5. The predicted octanol–water partition coefficient (Wildman–Crippen LogP) is 5.17. The maximum Gasteiger partial charge on any atom is 0.254 e. The Hall–Kier alpha value is -2.11. The van der Waals surface area contributed by atoms with Crippen molar-refractivity contribution in [1.82, 2.24) is 9.88 Å². The highest BCUT2D eigenvalue weighted by Gasteiger charge is 2.37. The molecule has 29 heavy (non-hydrogen) atoms. The van der Waals surface area contributed by atoms with Crippen molar-refractivity contribution in [2.75, 3.05) is 31.1 Å². The Morgan fingerprint density at radius 2 is 1.83 bits per heavy atom. The number of fused-ring (bicyclic) bond motifs is 3. The standard InChI is InChI=1S/C23H24ClN3OS/c1-14-3-4-15(2)19(7-14)22(28)26-10-16-8-17(11-26)13-27(12-16)23-25-20-6-5-18(24)9-21(20)29-23/h3-7,9,16-17H,8,10-13H2,1-2H3. The third kappa shape index (κ3) is 3.62. The lowest BCUT2D eigenvalue weighted by Gasteiger charge is -2.45. The molecule has 150 valence electrons. The fourth-order valence-electron chi connectivity index (χ4n) is 4.76. The van der Waals surface area contributed by atoms with Gasteiger partial charge < -0.3 is 9.80 Å². The Kier molecular flexibility index (Phi) is 4.75. The summed E-state index contributed by atoms with van der Waals surface area (Å²) in [6.07, 6.45) is 1.20. The van der Waals surface area contributed by atoms with E-state index >= 15 is 0 Å². The first kappa shape index (κ1) is 18.9. The maximum absolute atomic E-state index is 13.2. The van der Waals surface area contributed by atoms with Crippen LogP contribution >= 0.6 is 22.9 Å². The van der Waals surface area contributed by atoms with Gasteiger partial charge in [0.05, 0.1) is 10.2 Å². The van der Waals surface area contributed by atoms with E-state index in [0.29, 0.717) is 11.8 Å². The van der Waals surface area contributed by atoms with Crippen molar-refractivity contribution in [3.8, 4) is 0 Å². The summed E-state index contributed by atoms with van der Waals surface area (Å²) in [6, 6.07) is 12.0. The largest absolute Gasteiger partial charge is 0.347 e. The fraction of sp³-hybridized carbons (Fsp3) is 0.391. The number of nitrogens with zero attached hydrogens (tertiary/aromatic N) is 3. The Bertz CT molecular complexity index is 1080. The summed E-state index contributed by atoms with van der Waals surface area (Å²) in [5, 5.41) is 1.83. The van der Waals surface area contributed by atoms with Crippen LogP contribution in [0.1, 0.15) is 27.9 Å². The molecular weight excluding hydrogens is 402 g/mol. The van der Waals surface area contributed by atoms with E-state index in [0.717, 1.165) is 63.2 Å². The van der Waals surface area contributed by atoms with Gasteiger partial charge in [-0.3, -0.25) is 4.79 Å². The first-order valence-electron chi connectivity index (χ1n) is 10.1. The van der Waals surface area contributed by atoms with Gasteiger partial charge in [0.2, 0.25) is 0 Å². The summed E-state index contributed by atoms with van der Waals surface area (Å²) in [7, 11) is 0. The van der Waals surface area contributed by atoms with Gasteiger partial charge in [0.15, 0.2) is 5.13 Å². The highest BCUT2D eigenvalue weighted by Crippen LogP contribution is 2.36. The number of aryl methyl sites for hydroxylation is 2. The molecule has 2 aromatic carbocycles. The number of amides is 1. The number of anilines is 1. The number of hydrogen-bond donors (Lipinski definition) is 0. The van der Waals surface area contributed by atoms with E-state index in [1.54, 1.807) is 11.3 Å². The molecule has 2 saturated heterocycles. The molecule has 2 aliphatic heterocycles. The molecule has 1 aromatic heterocycles. The number of carbonyl (C=O) groups excluding carboxylic acids is 1. The van der Waals surface area contributed by atoms with E-state index in [9.17, 15) is 4.79 Å². The van der Waals surface area contributed by atoms with Gasteiger partial charge in [-0.1, -0.05) is 40.6 Å². The lowest BCUT2D eigenvalue weighted by atomic mass is 9.84. The molecule has 0 N–H and O–H groups in total. The van der Waals surface area contributed by atoms with E-state index in [-0.39, 0.29) is 5.91 Å². The molecule has 1 amide bonds. The van der Waals surface area contributed by atoms with E-state index < -0.39 is 0 Å². The molecule has 3 aromatic rings. The van der Waals surface area contributed by atoms with Crippen molar-refractivity contribution in [2.45, 2.75) is 20.3 Å². The van der Waals surface area contributed by atoms with Crippen LogP contribution < -0.4 is 4.90 Å². The third-order valence-corrected chi connectivity index (χ3v) is 7.42. The third-order valence-electron chi connectivity index (χ3n) is 6.10. The van der Waals surface area contributed by atoms with Crippen LogP contribution in [0, 0.1) is 25.7 Å². The smallest absolute Gasteiger partial charge is 0.254 e. The molecule has 0 spiro atoms. The van der Waals surface area contributed by atoms with Gasteiger partial charge in [-0.2, -0.15) is 0 Å². The maximum atomic E-state index is 13.2. The van der Waals surface area contributed by atoms with Gasteiger partial charge >= 0.3 is 0 Å². The molecule has 0 saturated carbocycles. The van der Waals surface area contributed by atoms with Gasteiger partial charge in [0.1, 0.15) is 0 Å². The molecule has 2 bridgehead atoms. The highest BCUT2D eigenvalue weighted by molar-refractivity contribution is 7.22. The summed E-state index contributed by atoms with van der Waals surface area (Å²) in [5.74, 6) is 1.17. The average Bonchev–Trinajstić information content (AvgIpc) is 3.11. The van der Waals surface area contributed by atoms with Crippen molar-refractivity contribution >= 4 is 44.2 Å². The number of benzene rings is 2. The van der Waals surface area contributed by atoms with Crippen molar-refractivity contribution in [3.63, 3.8) is 0 Å². The van der Waals surface area contributed by atoms with Crippen LogP contribution in [0.15, 0.2) is 36.4 Å². The molecule has 2 unspecified atom stereocenters. The zero-order valence-corrected chi connectivity index (χ0v) is 18.3. The molecular formula is C23H24ClN3OS. The minimum atomic E-state index is 0.184. The van der Waals surface area contributed by atoms with Crippen LogP contribution in [0.5, 0.6) is 0 Å². The van der Waals surface area contributed by atoms with Gasteiger partial charge in [-0.25, -0.2) is 4.98 Å². The number of carbonyl (C=O) groups is 1. The van der Waals surface area contributed by atoms with Gasteiger partial charge in [0.25, 0.3) is 5.91 Å². The molecule has 5 rings (SSSR count). The van der Waals surface area contributed by atoms with Crippen LogP contribution in [0.3, 0.4) is 0 Å². The first-order chi connectivity index (χ1) is 14.0. The van der Waals surface area contributed by atoms with Crippen LogP contribution in [0.2, 0.25) is 5.02 Å². The molecule has 0 aliphatic carbocycles. The lowest BCUT2D eigenvalue weighted by molar-refractivity contribution is 0.0564. The minimum Gasteiger partial charge on any atom is -0.347 e. The van der Waals surface area contributed by atoms with Crippen LogP contribution in [0.25, 0.3) is 10.2 Å². The molecule has 3 heterocycles. The van der Waals surface area contributed by atoms with Gasteiger partial charge in [0, 0.05) is 36.8 Å². The Morgan fingerprint density at radius 1 is 1.07 bits per heavy atom. The average molecular weight is 426 g/mol. The Balaban J connectivity index is 1.34. The summed E-state index contributed by atoms with van der Waals surface area (Å²) in [6.45, 7) is 7.65. The van der Waals surface area contributed by atoms with Crippen LogP contribution in [-0.4, -0.2) is 42.0 Å². The minimum absolute atomic E-state index is 0.184. The summed E-state index contributed by atoms with van der Waals surface area (Å²) < 4.78 is 1.13. The van der Waals surface area contributed by atoms with Crippen LogP contribution in [-0.2, 0) is 0 Å². The summed E-state index contributed by atoms with van der Waals surface area (Å²) >= 11 is 7.85. The number of hydrogen-bond acceptors (Lipinski definition) is 4. The van der Waals surface area contributed by atoms with Crippen LogP contribution in [0.4, 0.5) is 5.13 Å². The number of halogens is 1. The lowest BCUT2D eigenvalue weighted by Crippen LogP contribution is -2.54. The van der Waals surface area contributed by atoms with Gasteiger partial charge in [-0.05, 0) is 61.9 Å². The monoisotopic (exact) mass is 425 g/mol. The zero-order valence-electron chi connectivity index (χ0n) is 16.7. The van der Waals surface area contributed by atoms with Crippen molar-refractivity contribution < 1.29 is 4.79 Å². The van der Waals surface area contributed by atoms with Crippen molar-refractivity contribution in [1.29, 1.82) is 0 Å². The number of rotatable bonds is 2. The number of thiazole rings is 1. The Morgan fingerprint density at radius 3 is 2.59 bits per heavy atom. The quantitative estimate of drug-likeness (QED) is 0.568. The SMILES string of the molecule is Cc1ccc(C)c(C(=O)N2CC3CC(C2)CN(c2nc4ccc(Cl)cc4s2)C3)c1. The van der Waals surface area contributed by atoms with E-state index in [4.69, 9.17) is 16.6 Å². The van der Waals surface area contributed by atoms with E-state index in [1.165, 1.54) is 6.42 Å². The predicted molar refractivity (Wildman–Crippen MR) is 120 cm³/mol. The second-order valence-corrected chi connectivity index (χ2v) is 9.96. The second kappa shape index (κ2) is 7.29. The first-order valence-corrected chi connectivity index (χ1v) is 11.3. The molecule has 6 heteroatoms. The molecule has 2 fully saturated rings. The van der Waals surface area contributed by atoms with Crippen molar-refractivity contribution in [2.24, 2.45) is 11.8 Å². The highest BCUT2D eigenvalue weighted by atomic mass is 35.5. The number of piperidine rings is 2. The number of aromatic nitrogens is 1. The van der Waals surface area contributed by atoms with E-state index in [1.807, 2.05) is 38.1 Å². The zero-order chi connectivity index (χ0) is 20.1. The number of likely N-dealkylation sites (tertiary alicyclic amines) is 1. The second-order valence-electron chi connectivity index (χ2n) is 8.51. The van der Waals surface area contributed by atoms with Gasteiger partial charge in [-0.15, -0.1) is 0 Å². The Labute approximate surface area is 180 Å². The van der Waals surface area contributed by atoms with Crippen molar-refractivity contribution in [3.05, 3.63) is 58.1 Å². The molecule has 2 atom stereocenters. The molecule has 0 radical (unpaired) electrons. The fourth-order valence-corrected chi connectivity index (χ4v) is 6.02. The summed E-state index contributed by atoms with van der Waals surface area (Å²) in [5.41, 5.74) is 4.06. The topological polar surface area (TPSA) is 36.4 Å². The van der Waals surface area contributed by atoms with E-state index in [2.05, 4.69) is 21.9 Å². The normalized spacial score (nSPS) is 21.6. The molecule has 2 aliphatic rings.